The number of nitrogens with zero attached hydrogens (tertiary/aromatic N) is 3. The van der Waals surface area contributed by atoms with Crippen LogP contribution in [0.15, 0.2) is 23.4 Å². The quantitative estimate of drug-likeness (QED) is 0.848. The highest BCUT2D eigenvalue weighted by atomic mass is 32.2. The number of hydrogen-bond donors (Lipinski definition) is 1. The van der Waals surface area contributed by atoms with Gasteiger partial charge in [-0.1, -0.05) is 23.9 Å². The molecular formula is C14H17N3O2S. The van der Waals surface area contributed by atoms with Crippen LogP contribution >= 0.6 is 11.8 Å². The molecule has 106 valence electrons. The second kappa shape index (κ2) is 5.85. The maximum absolute atomic E-state index is 9.08. The van der Waals surface area contributed by atoms with Crippen molar-refractivity contribution in [2.75, 3.05) is 12.4 Å². The van der Waals surface area contributed by atoms with E-state index in [0.717, 1.165) is 36.1 Å². The van der Waals surface area contributed by atoms with Crippen LogP contribution in [0.3, 0.4) is 0 Å². The van der Waals surface area contributed by atoms with Crippen molar-refractivity contribution in [3.63, 3.8) is 0 Å². The van der Waals surface area contributed by atoms with Crippen molar-refractivity contribution in [2.24, 2.45) is 7.05 Å². The molecule has 1 aliphatic rings. The van der Waals surface area contributed by atoms with Crippen molar-refractivity contribution < 1.29 is 9.84 Å². The molecule has 1 aromatic carbocycles. The van der Waals surface area contributed by atoms with Crippen molar-refractivity contribution in [2.45, 2.75) is 24.6 Å². The normalized spacial score (nSPS) is 13.3. The first-order valence-electron chi connectivity index (χ1n) is 6.64. The van der Waals surface area contributed by atoms with Crippen molar-refractivity contribution >= 4 is 11.8 Å². The Hall–Kier alpha value is -1.53. The fourth-order valence-corrected chi connectivity index (χ4v) is 3.18. The Morgan fingerprint density at radius 2 is 2.30 bits per heavy atom. The summed E-state index contributed by atoms with van der Waals surface area (Å²) in [6.45, 7) is 0.727. The molecule has 2 heterocycles. The van der Waals surface area contributed by atoms with Crippen LogP contribution in [0.1, 0.15) is 17.0 Å². The number of aromatic nitrogens is 3. The van der Waals surface area contributed by atoms with Crippen LogP contribution in [-0.2, 0) is 26.5 Å². The second-order valence-corrected chi connectivity index (χ2v) is 5.82. The first kappa shape index (κ1) is 13.5. The summed E-state index contributed by atoms with van der Waals surface area (Å²) < 4.78 is 7.34. The van der Waals surface area contributed by atoms with E-state index in [2.05, 4.69) is 28.4 Å². The zero-order valence-corrected chi connectivity index (χ0v) is 12.2. The van der Waals surface area contributed by atoms with Crippen LogP contribution in [-0.4, -0.2) is 32.2 Å². The number of fused-ring (bicyclic) bond motifs is 1. The summed E-state index contributed by atoms with van der Waals surface area (Å²) in [6, 6.07) is 6.42. The van der Waals surface area contributed by atoms with Crippen molar-refractivity contribution in [3.05, 3.63) is 35.2 Å². The lowest BCUT2D eigenvalue weighted by molar-refractivity contribution is 0.266. The summed E-state index contributed by atoms with van der Waals surface area (Å²) in [6.07, 6.45) is 2.00. The lowest BCUT2D eigenvalue weighted by Crippen LogP contribution is -1.99. The molecule has 0 aliphatic carbocycles. The Bertz CT molecular complexity index is 612. The van der Waals surface area contributed by atoms with E-state index in [4.69, 9.17) is 9.84 Å². The van der Waals surface area contributed by atoms with Crippen molar-refractivity contribution in [3.8, 4) is 5.75 Å². The zero-order chi connectivity index (χ0) is 13.9. The maximum Gasteiger partial charge on any atom is 0.191 e. The maximum atomic E-state index is 9.08. The third-order valence-corrected chi connectivity index (χ3v) is 4.46. The minimum Gasteiger partial charge on any atom is -0.493 e. The summed E-state index contributed by atoms with van der Waals surface area (Å²) in [4.78, 5) is 0. The van der Waals surface area contributed by atoms with E-state index in [1.54, 1.807) is 11.8 Å². The summed E-state index contributed by atoms with van der Waals surface area (Å²) in [5.41, 5.74) is 2.64. The number of rotatable bonds is 5. The van der Waals surface area contributed by atoms with Gasteiger partial charge in [-0.3, -0.25) is 0 Å². The third-order valence-electron chi connectivity index (χ3n) is 3.44. The fraction of sp³-hybridized carbons (Fsp3) is 0.429. The standard InChI is InChI=1S/C14H17N3O2S/c1-17-13(9-18)15-16-14(17)20-7-5-10-2-3-12-11(8-10)4-6-19-12/h2-3,8,18H,4-7,9H2,1H3. The molecule has 0 saturated heterocycles. The van der Waals surface area contributed by atoms with E-state index < -0.39 is 0 Å². The highest BCUT2D eigenvalue weighted by molar-refractivity contribution is 7.99. The minimum atomic E-state index is -0.0745. The van der Waals surface area contributed by atoms with Crippen LogP contribution in [0.25, 0.3) is 0 Å². The molecule has 3 rings (SSSR count). The smallest absolute Gasteiger partial charge is 0.191 e. The number of benzene rings is 1. The largest absolute Gasteiger partial charge is 0.493 e. The Balaban J connectivity index is 1.58. The third kappa shape index (κ3) is 2.66. The Morgan fingerprint density at radius 3 is 3.10 bits per heavy atom. The highest BCUT2D eigenvalue weighted by Crippen LogP contribution is 2.26. The molecule has 1 aromatic heterocycles. The van der Waals surface area contributed by atoms with Crippen molar-refractivity contribution in [1.29, 1.82) is 0 Å². The molecule has 0 saturated carbocycles. The highest BCUT2D eigenvalue weighted by Gasteiger charge is 2.12. The number of aliphatic hydroxyl groups excluding tert-OH is 1. The van der Waals surface area contributed by atoms with Gasteiger partial charge < -0.3 is 14.4 Å². The number of aliphatic hydroxyl groups is 1. The van der Waals surface area contributed by atoms with E-state index in [9.17, 15) is 0 Å². The number of hydrogen-bond acceptors (Lipinski definition) is 5. The predicted octanol–water partition coefficient (Wildman–Crippen LogP) is 1.58. The van der Waals surface area contributed by atoms with Crippen LogP contribution in [0.4, 0.5) is 0 Å². The Labute approximate surface area is 122 Å². The van der Waals surface area contributed by atoms with Gasteiger partial charge in [0.2, 0.25) is 0 Å². The van der Waals surface area contributed by atoms with E-state index in [1.807, 2.05) is 11.6 Å². The summed E-state index contributed by atoms with van der Waals surface area (Å²) in [5.74, 6) is 2.57. The van der Waals surface area contributed by atoms with Gasteiger partial charge >= 0.3 is 0 Å². The molecule has 0 atom stereocenters. The molecule has 0 bridgehead atoms. The second-order valence-electron chi connectivity index (χ2n) is 4.75. The molecule has 5 nitrogen and oxygen atoms in total. The molecule has 0 unspecified atom stereocenters. The molecule has 0 fully saturated rings. The summed E-state index contributed by atoms with van der Waals surface area (Å²) >= 11 is 1.66. The molecule has 1 N–H and O–H groups in total. The van der Waals surface area contributed by atoms with Crippen LogP contribution in [0.2, 0.25) is 0 Å². The van der Waals surface area contributed by atoms with Gasteiger partial charge in [-0.25, -0.2) is 0 Å². The molecular weight excluding hydrogens is 274 g/mol. The lowest BCUT2D eigenvalue weighted by Gasteiger charge is -2.04. The van der Waals surface area contributed by atoms with E-state index in [1.165, 1.54) is 11.1 Å². The van der Waals surface area contributed by atoms with Gasteiger partial charge in [0, 0.05) is 19.2 Å². The average molecular weight is 291 g/mol. The van der Waals surface area contributed by atoms with Gasteiger partial charge in [-0.05, 0) is 23.6 Å². The van der Waals surface area contributed by atoms with Crippen molar-refractivity contribution in [1.82, 2.24) is 14.8 Å². The lowest BCUT2D eigenvalue weighted by atomic mass is 10.1. The van der Waals surface area contributed by atoms with Gasteiger partial charge in [-0.15, -0.1) is 10.2 Å². The molecule has 20 heavy (non-hydrogen) atoms. The number of ether oxygens (including phenoxy) is 1. The zero-order valence-electron chi connectivity index (χ0n) is 11.4. The molecule has 0 radical (unpaired) electrons. The summed E-state index contributed by atoms with van der Waals surface area (Å²) in [5, 5.41) is 17.9. The van der Waals surface area contributed by atoms with E-state index >= 15 is 0 Å². The topological polar surface area (TPSA) is 60.2 Å². The number of thioether (sulfide) groups is 1. The molecule has 0 amide bonds. The first-order chi connectivity index (χ1) is 9.78. The summed E-state index contributed by atoms with van der Waals surface area (Å²) in [7, 11) is 1.88. The van der Waals surface area contributed by atoms with E-state index in [-0.39, 0.29) is 6.61 Å². The van der Waals surface area contributed by atoms with Crippen LogP contribution < -0.4 is 4.74 Å². The average Bonchev–Trinajstić information content (AvgIpc) is 3.05. The molecule has 1 aliphatic heterocycles. The fourth-order valence-electron chi connectivity index (χ4n) is 2.26. The van der Waals surface area contributed by atoms with Gasteiger partial charge in [-0.2, -0.15) is 0 Å². The molecule has 6 heteroatoms. The Kier molecular flexibility index (Phi) is 3.93. The van der Waals surface area contributed by atoms with Gasteiger partial charge in [0.1, 0.15) is 12.4 Å². The minimum absolute atomic E-state index is 0.0745. The SMILES string of the molecule is Cn1c(CO)nnc1SCCc1ccc2c(c1)CCO2. The predicted molar refractivity (Wildman–Crippen MR) is 77.0 cm³/mol. The van der Waals surface area contributed by atoms with Gasteiger partial charge in [0.05, 0.1) is 6.61 Å². The van der Waals surface area contributed by atoms with Crippen LogP contribution in [0, 0.1) is 0 Å². The molecule has 0 spiro atoms. The monoisotopic (exact) mass is 291 g/mol. The van der Waals surface area contributed by atoms with Crippen LogP contribution in [0.5, 0.6) is 5.75 Å². The first-order valence-corrected chi connectivity index (χ1v) is 7.63. The molecule has 2 aromatic rings. The Morgan fingerprint density at radius 1 is 1.40 bits per heavy atom. The van der Waals surface area contributed by atoms with E-state index in [0.29, 0.717) is 5.82 Å². The number of aryl methyl sites for hydroxylation is 1. The van der Waals surface area contributed by atoms with Gasteiger partial charge in [0.25, 0.3) is 0 Å². The van der Waals surface area contributed by atoms with Gasteiger partial charge in [0.15, 0.2) is 11.0 Å².